The molecule has 1 aromatic heterocycles. The van der Waals surface area contributed by atoms with E-state index in [0.29, 0.717) is 18.5 Å². The quantitative estimate of drug-likeness (QED) is 0.729. The van der Waals surface area contributed by atoms with Crippen LogP contribution in [0, 0.1) is 0 Å². The Labute approximate surface area is 136 Å². The van der Waals surface area contributed by atoms with Gasteiger partial charge in [-0.1, -0.05) is 12.1 Å². The zero-order chi connectivity index (χ0) is 16.9. The number of hydrogen-bond donors (Lipinski definition) is 2. The van der Waals surface area contributed by atoms with E-state index in [1.807, 2.05) is 24.3 Å². The Balaban J connectivity index is 1.53. The van der Waals surface area contributed by atoms with Gasteiger partial charge in [-0.15, -0.1) is 0 Å². The summed E-state index contributed by atoms with van der Waals surface area (Å²) < 4.78 is 28.4. The fourth-order valence-electron chi connectivity index (χ4n) is 2.31. The summed E-state index contributed by atoms with van der Waals surface area (Å²) >= 11 is 0. The maximum Gasteiger partial charge on any atom is 0.387 e. The zero-order valence-corrected chi connectivity index (χ0v) is 12.6. The van der Waals surface area contributed by atoms with Gasteiger partial charge < -0.3 is 15.0 Å². The molecule has 0 spiro atoms. The third kappa shape index (κ3) is 3.87. The molecule has 2 aromatic carbocycles. The van der Waals surface area contributed by atoms with Crippen LogP contribution in [0.15, 0.2) is 48.5 Å². The fraction of sp³-hybridized carbons (Fsp3) is 0.176. The molecule has 7 heteroatoms. The summed E-state index contributed by atoms with van der Waals surface area (Å²) in [5, 5.41) is 2.76. The highest BCUT2D eigenvalue weighted by atomic mass is 19.3. The van der Waals surface area contributed by atoms with E-state index in [9.17, 15) is 13.6 Å². The molecule has 0 aliphatic carbocycles. The predicted octanol–water partition coefficient (Wildman–Crippen LogP) is 3.14. The van der Waals surface area contributed by atoms with E-state index in [0.717, 1.165) is 16.9 Å². The molecule has 0 aliphatic heterocycles. The number of aromatic amines is 1. The predicted molar refractivity (Wildman–Crippen MR) is 85.2 cm³/mol. The molecule has 0 radical (unpaired) electrons. The molecule has 3 rings (SSSR count). The number of alkyl halides is 2. The van der Waals surface area contributed by atoms with Gasteiger partial charge in [-0.25, -0.2) is 4.98 Å². The number of nitrogens with zero attached hydrogens (tertiary/aromatic N) is 1. The monoisotopic (exact) mass is 331 g/mol. The first-order valence-corrected chi connectivity index (χ1v) is 7.38. The van der Waals surface area contributed by atoms with Crippen LogP contribution in [0.25, 0.3) is 11.0 Å². The highest BCUT2D eigenvalue weighted by Crippen LogP contribution is 2.15. The standard InChI is InChI=1S/C17H15F2N3O2/c18-17(19)24-12-7-5-11(6-8-12)16(23)20-10-9-15-21-13-3-1-2-4-14(13)22-15/h1-8,17H,9-10H2,(H,20,23)(H,21,22). The van der Waals surface area contributed by atoms with E-state index in [2.05, 4.69) is 20.0 Å². The number of nitrogens with one attached hydrogen (secondary N) is 2. The Morgan fingerprint density at radius 2 is 1.92 bits per heavy atom. The summed E-state index contributed by atoms with van der Waals surface area (Å²) in [7, 11) is 0. The molecule has 0 saturated carbocycles. The summed E-state index contributed by atoms with van der Waals surface area (Å²) in [5.41, 5.74) is 2.21. The van der Waals surface area contributed by atoms with E-state index in [1.54, 1.807) is 0 Å². The number of ether oxygens (including phenoxy) is 1. The van der Waals surface area contributed by atoms with E-state index in [4.69, 9.17) is 0 Å². The maximum atomic E-state index is 12.1. The molecule has 0 fully saturated rings. The number of para-hydroxylation sites is 2. The van der Waals surface area contributed by atoms with Gasteiger partial charge in [0.2, 0.25) is 0 Å². The van der Waals surface area contributed by atoms with Crippen LogP contribution in [-0.2, 0) is 6.42 Å². The summed E-state index contributed by atoms with van der Waals surface area (Å²) in [5.74, 6) is 0.524. The molecule has 3 aromatic rings. The van der Waals surface area contributed by atoms with Gasteiger partial charge in [-0.3, -0.25) is 4.79 Å². The summed E-state index contributed by atoms with van der Waals surface area (Å²) in [6, 6.07) is 13.2. The van der Waals surface area contributed by atoms with E-state index in [1.165, 1.54) is 24.3 Å². The number of aromatic nitrogens is 2. The van der Waals surface area contributed by atoms with Crippen LogP contribution in [0.3, 0.4) is 0 Å². The Morgan fingerprint density at radius 1 is 1.17 bits per heavy atom. The highest BCUT2D eigenvalue weighted by molar-refractivity contribution is 5.94. The third-order valence-corrected chi connectivity index (χ3v) is 3.43. The first kappa shape index (κ1) is 15.9. The molecule has 0 aliphatic rings. The molecule has 5 nitrogen and oxygen atoms in total. The lowest BCUT2D eigenvalue weighted by Crippen LogP contribution is -2.25. The number of imidazole rings is 1. The van der Waals surface area contributed by atoms with E-state index in [-0.39, 0.29) is 11.7 Å². The van der Waals surface area contributed by atoms with Gasteiger partial charge in [0.25, 0.3) is 5.91 Å². The van der Waals surface area contributed by atoms with Gasteiger partial charge in [0.05, 0.1) is 11.0 Å². The van der Waals surface area contributed by atoms with Crippen molar-refractivity contribution in [3.8, 4) is 5.75 Å². The minimum absolute atomic E-state index is 0.0174. The average Bonchev–Trinajstić information content (AvgIpc) is 2.97. The number of carbonyl (C=O) groups excluding carboxylic acids is 1. The van der Waals surface area contributed by atoms with Gasteiger partial charge in [-0.2, -0.15) is 8.78 Å². The van der Waals surface area contributed by atoms with Crippen LogP contribution in [0.4, 0.5) is 8.78 Å². The first-order chi connectivity index (χ1) is 11.6. The van der Waals surface area contributed by atoms with Crippen LogP contribution in [0.5, 0.6) is 5.75 Å². The Hall–Kier alpha value is -2.96. The van der Waals surface area contributed by atoms with E-state index < -0.39 is 6.61 Å². The van der Waals surface area contributed by atoms with Crippen molar-refractivity contribution in [3.63, 3.8) is 0 Å². The normalized spacial score (nSPS) is 11.0. The number of carbonyl (C=O) groups is 1. The van der Waals surface area contributed by atoms with Gasteiger partial charge in [0.1, 0.15) is 11.6 Å². The summed E-state index contributed by atoms with van der Waals surface area (Å²) in [6.07, 6.45) is 0.562. The number of hydrogen-bond acceptors (Lipinski definition) is 3. The van der Waals surface area contributed by atoms with Crippen molar-refractivity contribution in [2.45, 2.75) is 13.0 Å². The molecule has 2 N–H and O–H groups in total. The lowest BCUT2D eigenvalue weighted by molar-refractivity contribution is -0.0498. The van der Waals surface area contributed by atoms with Crippen molar-refractivity contribution in [2.75, 3.05) is 6.54 Å². The Morgan fingerprint density at radius 3 is 2.62 bits per heavy atom. The van der Waals surface area contributed by atoms with Gasteiger partial charge >= 0.3 is 6.61 Å². The molecule has 1 heterocycles. The lowest BCUT2D eigenvalue weighted by atomic mass is 10.2. The van der Waals surface area contributed by atoms with Gasteiger partial charge in [-0.05, 0) is 36.4 Å². The molecule has 24 heavy (non-hydrogen) atoms. The van der Waals surface area contributed by atoms with Gasteiger partial charge in [0.15, 0.2) is 0 Å². The molecular formula is C17H15F2N3O2. The SMILES string of the molecule is O=C(NCCc1nc2ccccc2[nH]1)c1ccc(OC(F)F)cc1. The Bertz CT molecular complexity index is 798. The van der Waals surface area contributed by atoms with Crippen LogP contribution < -0.4 is 10.1 Å². The molecule has 1 amide bonds. The maximum absolute atomic E-state index is 12.1. The molecule has 0 saturated heterocycles. The van der Waals surface area contributed by atoms with Crippen LogP contribution in [0.1, 0.15) is 16.2 Å². The zero-order valence-electron chi connectivity index (χ0n) is 12.6. The number of halogens is 2. The second-order valence-electron chi connectivity index (χ2n) is 5.11. The van der Waals surface area contributed by atoms with E-state index >= 15 is 0 Å². The largest absolute Gasteiger partial charge is 0.435 e. The van der Waals surface area contributed by atoms with Crippen molar-refractivity contribution in [3.05, 3.63) is 59.9 Å². The average molecular weight is 331 g/mol. The summed E-state index contributed by atoms with van der Waals surface area (Å²) in [4.78, 5) is 19.6. The van der Waals surface area contributed by atoms with Gasteiger partial charge in [0, 0.05) is 18.5 Å². The van der Waals surface area contributed by atoms with Crippen molar-refractivity contribution in [2.24, 2.45) is 0 Å². The van der Waals surface area contributed by atoms with Crippen LogP contribution in [-0.4, -0.2) is 29.0 Å². The fourth-order valence-corrected chi connectivity index (χ4v) is 2.31. The second-order valence-corrected chi connectivity index (χ2v) is 5.11. The molecule has 0 unspecified atom stereocenters. The van der Waals surface area contributed by atoms with Crippen LogP contribution >= 0.6 is 0 Å². The lowest BCUT2D eigenvalue weighted by Gasteiger charge is -2.06. The van der Waals surface area contributed by atoms with Crippen molar-refractivity contribution >= 4 is 16.9 Å². The number of amides is 1. The minimum atomic E-state index is -2.88. The van der Waals surface area contributed by atoms with Crippen molar-refractivity contribution in [1.29, 1.82) is 0 Å². The number of H-pyrrole nitrogens is 1. The molecular weight excluding hydrogens is 316 g/mol. The van der Waals surface area contributed by atoms with Crippen molar-refractivity contribution < 1.29 is 18.3 Å². The number of fused-ring (bicyclic) bond motifs is 1. The third-order valence-electron chi connectivity index (χ3n) is 3.43. The van der Waals surface area contributed by atoms with Crippen molar-refractivity contribution in [1.82, 2.24) is 15.3 Å². The molecule has 0 atom stereocenters. The first-order valence-electron chi connectivity index (χ1n) is 7.38. The smallest absolute Gasteiger partial charge is 0.387 e. The summed E-state index contributed by atoms with van der Waals surface area (Å²) in [6.45, 7) is -2.47. The second kappa shape index (κ2) is 7.08. The Kier molecular flexibility index (Phi) is 4.69. The molecule has 0 bridgehead atoms. The topological polar surface area (TPSA) is 67.0 Å². The number of benzene rings is 2. The van der Waals surface area contributed by atoms with Crippen LogP contribution in [0.2, 0.25) is 0 Å². The molecule has 124 valence electrons. The minimum Gasteiger partial charge on any atom is -0.435 e. The highest BCUT2D eigenvalue weighted by Gasteiger charge is 2.08. The number of rotatable bonds is 6.